The van der Waals surface area contributed by atoms with Crippen molar-refractivity contribution in [3.63, 3.8) is 0 Å². The molecule has 6 nitrogen and oxygen atoms in total. The van der Waals surface area contributed by atoms with Crippen molar-refractivity contribution in [2.45, 2.75) is 13.3 Å². The van der Waals surface area contributed by atoms with Crippen molar-refractivity contribution in [3.8, 4) is 5.69 Å². The second-order valence-electron chi connectivity index (χ2n) is 6.72. The first-order chi connectivity index (χ1) is 14.5. The lowest BCUT2D eigenvalue weighted by Gasteiger charge is -2.28. The van der Waals surface area contributed by atoms with Gasteiger partial charge in [0.1, 0.15) is 5.57 Å². The molecule has 0 bridgehead atoms. The number of para-hydroxylation sites is 1. The molecular formula is C23H18ClN3O3. The molecular weight excluding hydrogens is 402 g/mol. The minimum Gasteiger partial charge on any atom is -0.317 e. The molecule has 30 heavy (non-hydrogen) atoms. The lowest BCUT2D eigenvalue weighted by molar-refractivity contribution is -0.122. The van der Waals surface area contributed by atoms with Crippen molar-refractivity contribution in [2.24, 2.45) is 0 Å². The summed E-state index contributed by atoms with van der Waals surface area (Å²) in [5.41, 5.74) is 2.63. The third-order valence-corrected chi connectivity index (χ3v) is 5.14. The Kier molecular flexibility index (Phi) is 5.25. The van der Waals surface area contributed by atoms with E-state index in [1.54, 1.807) is 30.3 Å². The molecule has 0 saturated carbocycles. The molecule has 1 aliphatic heterocycles. The Balaban J connectivity index is 1.76. The van der Waals surface area contributed by atoms with E-state index in [1.165, 1.54) is 6.08 Å². The van der Waals surface area contributed by atoms with Gasteiger partial charge in [-0.2, -0.15) is 0 Å². The van der Waals surface area contributed by atoms with Gasteiger partial charge >= 0.3 is 6.03 Å². The van der Waals surface area contributed by atoms with Gasteiger partial charge in [0.05, 0.1) is 5.69 Å². The first-order valence-electron chi connectivity index (χ1n) is 9.42. The third-order valence-electron chi connectivity index (χ3n) is 4.89. The molecule has 4 rings (SSSR count). The molecule has 1 aliphatic rings. The zero-order valence-corrected chi connectivity index (χ0v) is 16.9. The molecule has 1 aromatic heterocycles. The number of urea groups is 1. The van der Waals surface area contributed by atoms with Crippen molar-refractivity contribution >= 4 is 41.2 Å². The number of barbiturate groups is 1. The summed E-state index contributed by atoms with van der Waals surface area (Å²) in [5, 5.41) is 2.88. The van der Waals surface area contributed by atoms with E-state index < -0.39 is 17.8 Å². The Labute approximate surface area is 178 Å². The largest absolute Gasteiger partial charge is 0.335 e. The highest BCUT2D eigenvalue weighted by atomic mass is 35.5. The number of hydrogen-bond acceptors (Lipinski definition) is 3. The number of hydrogen-bond donors (Lipinski definition) is 1. The van der Waals surface area contributed by atoms with Crippen LogP contribution in [0.25, 0.3) is 11.8 Å². The van der Waals surface area contributed by atoms with Gasteiger partial charge in [-0.25, -0.2) is 9.69 Å². The van der Waals surface area contributed by atoms with Gasteiger partial charge in [-0.3, -0.25) is 14.9 Å². The Hall–Kier alpha value is -3.64. The van der Waals surface area contributed by atoms with Gasteiger partial charge in [-0.1, -0.05) is 36.7 Å². The number of nitrogens with zero attached hydrogens (tertiary/aromatic N) is 2. The van der Waals surface area contributed by atoms with E-state index in [2.05, 4.69) is 5.32 Å². The highest BCUT2D eigenvalue weighted by molar-refractivity contribution is 6.39. The minimum absolute atomic E-state index is 0.116. The van der Waals surface area contributed by atoms with Gasteiger partial charge in [0.2, 0.25) is 0 Å². The van der Waals surface area contributed by atoms with Crippen molar-refractivity contribution in [3.05, 3.63) is 88.7 Å². The zero-order valence-electron chi connectivity index (χ0n) is 16.1. The summed E-state index contributed by atoms with van der Waals surface area (Å²) in [6.45, 7) is 1.94. The molecule has 2 aromatic carbocycles. The molecule has 0 unspecified atom stereocenters. The van der Waals surface area contributed by atoms with E-state index in [4.69, 9.17) is 11.6 Å². The Morgan fingerprint density at radius 2 is 1.70 bits per heavy atom. The van der Waals surface area contributed by atoms with E-state index in [0.29, 0.717) is 22.8 Å². The summed E-state index contributed by atoms with van der Waals surface area (Å²) >= 11 is 5.96. The van der Waals surface area contributed by atoms with E-state index in [9.17, 15) is 14.4 Å². The molecule has 3 aromatic rings. The van der Waals surface area contributed by atoms with E-state index in [1.807, 2.05) is 48.0 Å². The molecule has 1 N–H and O–H groups in total. The fourth-order valence-corrected chi connectivity index (χ4v) is 3.53. The predicted molar refractivity (Wildman–Crippen MR) is 116 cm³/mol. The van der Waals surface area contributed by atoms with Gasteiger partial charge in [0.15, 0.2) is 0 Å². The van der Waals surface area contributed by atoms with Gasteiger partial charge in [0.25, 0.3) is 11.8 Å². The maximum absolute atomic E-state index is 13.2. The number of carbonyl (C=O) groups excluding carboxylic acids is 3. The number of rotatable bonds is 4. The summed E-state index contributed by atoms with van der Waals surface area (Å²) in [7, 11) is 0. The van der Waals surface area contributed by atoms with Crippen LogP contribution in [0.2, 0.25) is 5.02 Å². The molecule has 0 spiro atoms. The highest BCUT2D eigenvalue weighted by Gasteiger charge is 2.37. The van der Waals surface area contributed by atoms with Gasteiger partial charge < -0.3 is 4.57 Å². The SMILES string of the molecule is CCc1ccccc1N1C(=O)NC(=O)/C(=C\c2cccn2-c2ccc(Cl)cc2)C1=O. The number of benzene rings is 2. The third kappa shape index (κ3) is 3.53. The van der Waals surface area contributed by atoms with Crippen molar-refractivity contribution in [1.29, 1.82) is 0 Å². The smallest absolute Gasteiger partial charge is 0.317 e. The summed E-state index contributed by atoms with van der Waals surface area (Å²) in [6.07, 6.45) is 3.94. The van der Waals surface area contributed by atoms with Crippen LogP contribution in [0.15, 0.2) is 72.4 Å². The standard InChI is InChI=1S/C23H18ClN3O3/c1-2-15-6-3-4-8-20(15)27-22(29)19(21(28)25-23(27)30)14-18-7-5-13-26(18)17-11-9-16(24)10-12-17/h3-14H,2H2,1H3,(H,25,28,30)/b19-14+. The molecule has 2 heterocycles. The molecule has 150 valence electrons. The van der Waals surface area contributed by atoms with Crippen LogP contribution in [0.5, 0.6) is 0 Å². The average Bonchev–Trinajstić information content (AvgIpc) is 3.20. The van der Waals surface area contributed by atoms with Crippen LogP contribution < -0.4 is 10.2 Å². The number of halogens is 1. The van der Waals surface area contributed by atoms with E-state index in [0.717, 1.165) is 16.2 Å². The van der Waals surface area contributed by atoms with Crippen LogP contribution in [-0.4, -0.2) is 22.4 Å². The van der Waals surface area contributed by atoms with Crippen LogP contribution in [0, 0.1) is 0 Å². The first-order valence-corrected chi connectivity index (χ1v) is 9.80. The molecule has 1 saturated heterocycles. The number of anilines is 1. The second-order valence-corrected chi connectivity index (χ2v) is 7.16. The second kappa shape index (κ2) is 8.00. The zero-order chi connectivity index (χ0) is 21.3. The van der Waals surface area contributed by atoms with Crippen LogP contribution >= 0.6 is 11.6 Å². The summed E-state index contributed by atoms with van der Waals surface area (Å²) in [6, 6.07) is 17.2. The normalized spacial score (nSPS) is 15.6. The van der Waals surface area contributed by atoms with E-state index in [-0.39, 0.29) is 5.57 Å². The highest BCUT2D eigenvalue weighted by Crippen LogP contribution is 2.26. The van der Waals surface area contributed by atoms with Crippen molar-refractivity contribution < 1.29 is 14.4 Å². The Morgan fingerprint density at radius 1 is 0.967 bits per heavy atom. The monoisotopic (exact) mass is 419 g/mol. The average molecular weight is 420 g/mol. The van der Waals surface area contributed by atoms with Gasteiger partial charge in [0, 0.05) is 22.6 Å². The number of aryl methyl sites for hydroxylation is 1. The molecule has 0 aliphatic carbocycles. The number of carbonyl (C=O) groups is 3. The Morgan fingerprint density at radius 3 is 2.43 bits per heavy atom. The molecule has 0 atom stereocenters. The first kappa shape index (κ1) is 19.7. The molecule has 0 radical (unpaired) electrons. The lowest BCUT2D eigenvalue weighted by Crippen LogP contribution is -2.54. The van der Waals surface area contributed by atoms with Gasteiger partial charge in [-0.05, 0) is 60.5 Å². The van der Waals surface area contributed by atoms with Gasteiger partial charge in [-0.15, -0.1) is 0 Å². The molecule has 4 amide bonds. The maximum atomic E-state index is 13.2. The number of amides is 4. The fourth-order valence-electron chi connectivity index (χ4n) is 3.40. The molecule has 7 heteroatoms. The van der Waals surface area contributed by atoms with Crippen molar-refractivity contribution in [2.75, 3.05) is 4.90 Å². The van der Waals surface area contributed by atoms with Crippen LogP contribution in [0.3, 0.4) is 0 Å². The van der Waals surface area contributed by atoms with Crippen LogP contribution in [0.4, 0.5) is 10.5 Å². The number of aromatic nitrogens is 1. The lowest BCUT2D eigenvalue weighted by atomic mass is 10.1. The maximum Gasteiger partial charge on any atom is 0.335 e. The summed E-state index contributed by atoms with van der Waals surface area (Å²) < 4.78 is 1.82. The Bertz CT molecular complexity index is 1180. The predicted octanol–water partition coefficient (Wildman–Crippen LogP) is 4.36. The fraction of sp³-hybridized carbons (Fsp3) is 0.0870. The quantitative estimate of drug-likeness (QED) is 0.504. The van der Waals surface area contributed by atoms with Crippen LogP contribution in [0.1, 0.15) is 18.2 Å². The minimum atomic E-state index is -0.754. The number of nitrogens with one attached hydrogen (secondary N) is 1. The summed E-state index contributed by atoms with van der Waals surface area (Å²) in [4.78, 5) is 39.2. The number of imide groups is 2. The topological polar surface area (TPSA) is 71.4 Å². The van der Waals surface area contributed by atoms with E-state index >= 15 is 0 Å². The van der Waals surface area contributed by atoms with Crippen molar-refractivity contribution in [1.82, 2.24) is 9.88 Å². The van der Waals surface area contributed by atoms with Crippen LogP contribution in [-0.2, 0) is 16.0 Å². The molecule has 1 fully saturated rings. The summed E-state index contributed by atoms with van der Waals surface area (Å²) in [5.74, 6) is -1.38.